The Morgan fingerprint density at radius 1 is 0.750 bits per heavy atom. The molecule has 4 N–H and O–H groups in total. The normalized spacial score (nSPS) is 11.7. The van der Waals surface area contributed by atoms with Gasteiger partial charge in [0.15, 0.2) is 0 Å². The van der Waals surface area contributed by atoms with Gasteiger partial charge < -0.3 is 16.2 Å². The van der Waals surface area contributed by atoms with Gasteiger partial charge in [0.05, 0.1) is 11.4 Å². The Balaban J connectivity index is 1.55. The molecule has 4 aromatic carbocycles. The van der Waals surface area contributed by atoms with Crippen molar-refractivity contribution in [1.29, 1.82) is 0 Å². The maximum atomic E-state index is 12.7. The maximum absolute atomic E-state index is 12.7. The topological polar surface area (TPSA) is 78.3 Å². The molecule has 0 saturated heterocycles. The fourth-order valence-corrected chi connectivity index (χ4v) is 3.45. The highest BCUT2D eigenvalue weighted by Crippen LogP contribution is 2.29. The van der Waals surface area contributed by atoms with E-state index in [-0.39, 0.29) is 0 Å². The summed E-state index contributed by atoms with van der Waals surface area (Å²) in [4.78, 5) is 12.7. The zero-order chi connectivity index (χ0) is 22.5. The summed E-state index contributed by atoms with van der Waals surface area (Å²) in [5, 5.41) is 1.89. The third kappa shape index (κ3) is 4.55. The lowest BCUT2D eigenvalue weighted by Crippen LogP contribution is -2.09. The summed E-state index contributed by atoms with van der Waals surface area (Å²) in [5.74, 6) is 0.0853. The molecule has 0 unspecified atom stereocenters. The largest absolute Gasteiger partial charge is 0.423 e. The van der Waals surface area contributed by atoms with Gasteiger partial charge in [-0.3, -0.25) is 0 Å². The van der Waals surface area contributed by atoms with Crippen LogP contribution in [0.15, 0.2) is 90.5 Å². The van der Waals surface area contributed by atoms with E-state index < -0.39 is 5.97 Å². The number of hydrogen-bond acceptors (Lipinski definition) is 4. The van der Waals surface area contributed by atoms with E-state index in [0.717, 1.165) is 21.9 Å². The zero-order valence-corrected chi connectivity index (χ0v) is 17.8. The molecule has 4 rings (SSSR count). The molecular weight excluding hydrogens is 396 g/mol. The van der Waals surface area contributed by atoms with Crippen LogP contribution in [-0.2, 0) is 4.79 Å². The number of anilines is 2. The Morgan fingerprint density at radius 3 is 2.22 bits per heavy atom. The number of hydrogen-bond donors (Lipinski definition) is 2. The number of carbonyl (C=O) groups excluding carboxylic acids is 1. The summed E-state index contributed by atoms with van der Waals surface area (Å²) in [5.41, 5.74) is 16.4. The highest BCUT2D eigenvalue weighted by molar-refractivity contribution is 5.99. The first kappa shape index (κ1) is 20.9. The molecule has 0 bridgehead atoms. The van der Waals surface area contributed by atoms with Crippen molar-refractivity contribution in [2.24, 2.45) is 0 Å². The molecule has 4 nitrogen and oxygen atoms in total. The number of nitrogens with two attached hydrogens (primary N) is 2. The van der Waals surface area contributed by atoms with Gasteiger partial charge in [0.2, 0.25) is 0 Å². The molecule has 0 aliphatic rings. The van der Waals surface area contributed by atoms with Crippen LogP contribution in [0, 0.1) is 0 Å². The molecule has 158 valence electrons. The fourth-order valence-electron chi connectivity index (χ4n) is 3.45. The molecule has 0 heterocycles. The minimum Gasteiger partial charge on any atom is -0.423 e. The van der Waals surface area contributed by atoms with Crippen molar-refractivity contribution in [1.82, 2.24) is 0 Å². The first-order chi connectivity index (χ1) is 15.5. The van der Waals surface area contributed by atoms with Crippen LogP contribution in [0.25, 0.3) is 29.0 Å². The highest BCUT2D eigenvalue weighted by Gasteiger charge is 2.12. The maximum Gasteiger partial charge on any atom is 0.339 e. The molecule has 0 atom stereocenters. The molecule has 0 saturated carbocycles. The van der Waals surface area contributed by atoms with Gasteiger partial charge in [0.25, 0.3) is 0 Å². The van der Waals surface area contributed by atoms with E-state index in [9.17, 15) is 4.79 Å². The van der Waals surface area contributed by atoms with Gasteiger partial charge in [0, 0.05) is 16.5 Å². The van der Waals surface area contributed by atoms with Gasteiger partial charge in [0.1, 0.15) is 5.75 Å². The summed E-state index contributed by atoms with van der Waals surface area (Å²) < 4.78 is 5.65. The fraction of sp³-hybridized carbons (Fsp3) is 0.0357. The Kier molecular flexibility index (Phi) is 6.04. The van der Waals surface area contributed by atoms with E-state index in [0.29, 0.717) is 28.3 Å². The number of esters is 1. The van der Waals surface area contributed by atoms with E-state index in [1.54, 1.807) is 19.1 Å². The van der Waals surface area contributed by atoms with Gasteiger partial charge in [-0.2, -0.15) is 0 Å². The summed E-state index contributed by atoms with van der Waals surface area (Å²) in [6, 6.07) is 27.1. The number of carbonyl (C=O) groups is 1. The van der Waals surface area contributed by atoms with Gasteiger partial charge in [-0.25, -0.2) is 4.79 Å². The van der Waals surface area contributed by atoms with Crippen molar-refractivity contribution in [3.8, 4) is 5.75 Å². The molecule has 4 aromatic rings. The van der Waals surface area contributed by atoms with Crippen LogP contribution in [0.4, 0.5) is 11.4 Å². The van der Waals surface area contributed by atoms with Crippen LogP contribution < -0.4 is 16.2 Å². The van der Waals surface area contributed by atoms with Crippen LogP contribution in [0.2, 0.25) is 0 Å². The molecular formula is C28H24N2O2. The van der Waals surface area contributed by atoms with Gasteiger partial charge in [-0.1, -0.05) is 91.0 Å². The van der Waals surface area contributed by atoms with Crippen LogP contribution >= 0.6 is 0 Å². The minimum atomic E-state index is -0.438. The third-order valence-electron chi connectivity index (χ3n) is 5.26. The zero-order valence-electron chi connectivity index (χ0n) is 17.8. The Bertz CT molecular complexity index is 1330. The highest BCUT2D eigenvalue weighted by atomic mass is 16.5. The standard InChI is InChI=1S/C28H24N2O2/c1-19(28(31)32-25-13-7-11-21-10-5-6-12-24(21)25)18-23-17-16-22(26(29)27(23)30)15-14-20-8-3-2-4-9-20/h2-18H,29-30H2,1H3. The third-order valence-corrected chi connectivity index (χ3v) is 5.26. The SMILES string of the molecule is CC(=Cc1ccc(C=Cc2ccccc2)c(N)c1N)C(=O)Oc1cccc2ccccc12. The van der Waals surface area contributed by atoms with E-state index >= 15 is 0 Å². The predicted octanol–water partition coefficient (Wildman–Crippen LogP) is 6.18. The van der Waals surface area contributed by atoms with Crippen molar-refractivity contribution in [3.05, 3.63) is 107 Å². The predicted molar refractivity (Wildman–Crippen MR) is 134 cm³/mol. The Hall–Kier alpha value is -4.31. The summed E-state index contributed by atoms with van der Waals surface area (Å²) in [7, 11) is 0. The number of fused-ring (bicyclic) bond motifs is 1. The van der Waals surface area contributed by atoms with Crippen LogP contribution in [0.3, 0.4) is 0 Å². The number of benzene rings is 4. The van der Waals surface area contributed by atoms with E-state index in [4.69, 9.17) is 16.2 Å². The Morgan fingerprint density at radius 2 is 1.41 bits per heavy atom. The lowest BCUT2D eigenvalue weighted by molar-refractivity contribution is -0.129. The molecule has 4 heteroatoms. The molecule has 0 radical (unpaired) electrons. The smallest absolute Gasteiger partial charge is 0.339 e. The van der Waals surface area contributed by atoms with Crippen LogP contribution in [-0.4, -0.2) is 5.97 Å². The first-order valence-corrected chi connectivity index (χ1v) is 10.3. The second-order valence-electron chi connectivity index (χ2n) is 7.51. The minimum absolute atomic E-state index is 0.427. The van der Waals surface area contributed by atoms with Crippen molar-refractivity contribution in [2.75, 3.05) is 11.5 Å². The Labute approximate surface area is 187 Å². The second-order valence-corrected chi connectivity index (χ2v) is 7.51. The quantitative estimate of drug-likeness (QED) is 0.133. The van der Waals surface area contributed by atoms with Crippen molar-refractivity contribution in [2.45, 2.75) is 6.92 Å². The van der Waals surface area contributed by atoms with Gasteiger partial charge in [-0.05, 0) is 35.6 Å². The number of nitrogen functional groups attached to an aromatic ring is 2. The second kappa shape index (κ2) is 9.23. The van der Waals surface area contributed by atoms with Gasteiger partial charge in [-0.15, -0.1) is 0 Å². The summed E-state index contributed by atoms with van der Waals surface area (Å²) >= 11 is 0. The molecule has 0 aliphatic heterocycles. The monoisotopic (exact) mass is 420 g/mol. The first-order valence-electron chi connectivity index (χ1n) is 10.3. The number of ether oxygens (including phenoxy) is 1. The average molecular weight is 421 g/mol. The van der Waals surface area contributed by atoms with Crippen molar-refractivity contribution in [3.63, 3.8) is 0 Å². The molecule has 32 heavy (non-hydrogen) atoms. The van der Waals surface area contributed by atoms with Gasteiger partial charge >= 0.3 is 5.97 Å². The van der Waals surface area contributed by atoms with Crippen molar-refractivity contribution >= 4 is 46.3 Å². The number of rotatable bonds is 5. The molecule has 0 fully saturated rings. The van der Waals surface area contributed by atoms with E-state index in [1.165, 1.54) is 0 Å². The van der Waals surface area contributed by atoms with Crippen LogP contribution in [0.1, 0.15) is 23.6 Å². The van der Waals surface area contributed by atoms with E-state index in [2.05, 4.69) is 0 Å². The summed E-state index contributed by atoms with van der Waals surface area (Å²) in [6.07, 6.45) is 5.60. The van der Waals surface area contributed by atoms with Crippen molar-refractivity contribution < 1.29 is 9.53 Å². The molecule has 0 amide bonds. The molecule has 0 spiro atoms. The average Bonchev–Trinajstić information content (AvgIpc) is 2.82. The molecule has 0 aliphatic carbocycles. The molecule has 0 aromatic heterocycles. The summed E-state index contributed by atoms with van der Waals surface area (Å²) in [6.45, 7) is 1.70. The van der Waals surface area contributed by atoms with Crippen LogP contribution in [0.5, 0.6) is 5.75 Å². The lowest BCUT2D eigenvalue weighted by atomic mass is 10.0. The lowest BCUT2D eigenvalue weighted by Gasteiger charge is -2.10. The van der Waals surface area contributed by atoms with E-state index in [1.807, 2.05) is 91.0 Å².